The average Bonchev–Trinajstić information content (AvgIpc) is 2.60. The number of carboxylic acid groups (broad SMARTS) is 2. The molecule has 0 saturated heterocycles. The number of aliphatic hydroxyl groups is 1. The van der Waals surface area contributed by atoms with E-state index >= 15 is 0 Å². The van der Waals surface area contributed by atoms with Gasteiger partial charge in [0.15, 0.2) is 0 Å². The maximum Gasteiger partial charge on any atom is 0.326 e. The molecule has 0 aromatic rings. The molecule has 3 atom stereocenters. The van der Waals surface area contributed by atoms with Crippen LogP contribution in [0.3, 0.4) is 0 Å². The minimum atomic E-state index is -1.64. The molecule has 0 saturated carbocycles. The minimum Gasteiger partial charge on any atom is -0.481 e. The van der Waals surface area contributed by atoms with Gasteiger partial charge in [0.1, 0.15) is 18.1 Å². The Morgan fingerprint density at radius 2 is 1.39 bits per heavy atom. The number of nitrogens with one attached hydrogen (secondary N) is 3. The highest BCUT2D eigenvalue weighted by Gasteiger charge is 2.30. The number of aliphatic carboxylic acids is 2. The average molecular weight is 405 g/mol. The molecule has 0 spiro atoms. The van der Waals surface area contributed by atoms with Crippen molar-refractivity contribution in [3.05, 3.63) is 0 Å². The van der Waals surface area contributed by atoms with Gasteiger partial charge >= 0.3 is 11.9 Å². The Morgan fingerprint density at radius 1 is 0.857 bits per heavy atom. The summed E-state index contributed by atoms with van der Waals surface area (Å²) in [4.78, 5) is 68.2. The zero-order valence-corrected chi connectivity index (χ0v) is 14.7. The number of primary amides is 1. The van der Waals surface area contributed by atoms with Crippen LogP contribution in [0.4, 0.5) is 0 Å². The molecule has 0 aromatic carbocycles. The number of nitrogens with two attached hydrogens (primary N) is 2. The van der Waals surface area contributed by atoms with Crippen molar-refractivity contribution < 1.29 is 44.1 Å². The smallest absolute Gasteiger partial charge is 0.326 e. The first-order valence-corrected chi connectivity index (χ1v) is 7.95. The number of amides is 4. The van der Waals surface area contributed by atoms with Crippen LogP contribution >= 0.6 is 0 Å². The van der Waals surface area contributed by atoms with Gasteiger partial charge in [-0.05, 0) is 6.42 Å². The van der Waals surface area contributed by atoms with E-state index in [2.05, 4.69) is 0 Å². The number of rotatable bonds is 13. The Morgan fingerprint density at radius 3 is 1.82 bits per heavy atom. The summed E-state index contributed by atoms with van der Waals surface area (Å²) in [5, 5.41) is 33.2. The Hall–Kier alpha value is -3.26. The second kappa shape index (κ2) is 12.2. The molecule has 0 aliphatic rings. The van der Waals surface area contributed by atoms with Crippen molar-refractivity contribution in [1.29, 1.82) is 0 Å². The molecule has 0 aromatic heterocycles. The lowest BCUT2D eigenvalue weighted by Crippen LogP contribution is -2.57. The first kappa shape index (κ1) is 24.7. The summed E-state index contributed by atoms with van der Waals surface area (Å²) in [7, 11) is 0. The van der Waals surface area contributed by atoms with Crippen LogP contribution in [0.5, 0.6) is 0 Å². The summed E-state index contributed by atoms with van der Waals surface area (Å²) in [6, 6.07) is -4.74. The summed E-state index contributed by atoms with van der Waals surface area (Å²) < 4.78 is 0. The highest BCUT2D eigenvalue weighted by Crippen LogP contribution is 2.00. The van der Waals surface area contributed by atoms with E-state index in [0.29, 0.717) is 0 Å². The normalized spacial score (nSPS) is 13.5. The van der Waals surface area contributed by atoms with Gasteiger partial charge in [0, 0.05) is 6.42 Å². The van der Waals surface area contributed by atoms with Crippen LogP contribution in [0.25, 0.3) is 0 Å². The Labute approximate surface area is 158 Å². The Bertz CT molecular complexity index is 624. The van der Waals surface area contributed by atoms with E-state index in [1.165, 1.54) is 0 Å². The van der Waals surface area contributed by atoms with E-state index in [-0.39, 0.29) is 12.8 Å². The van der Waals surface area contributed by atoms with E-state index in [4.69, 9.17) is 21.7 Å². The fraction of sp³-hybridized carbons (Fsp3) is 0.571. The molecule has 14 nitrogen and oxygen atoms in total. The molecule has 14 heteroatoms. The van der Waals surface area contributed by atoms with Gasteiger partial charge in [0.25, 0.3) is 0 Å². The second-order valence-corrected chi connectivity index (χ2v) is 5.57. The van der Waals surface area contributed by atoms with Crippen molar-refractivity contribution in [2.45, 2.75) is 37.4 Å². The van der Waals surface area contributed by atoms with Crippen molar-refractivity contribution in [1.82, 2.24) is 16.0 Å². The Balaban J connectivity index is 5.09. The summed E-state index contributed by atoms with van der Waals surface area (Å²) in [5.41, 5.74) is 9.99. The first-order chi connectivity index (χ1) is 13.0. The van der Waals surface area contributed by atoms with Gasteiger partial charge in [-0.3, -0.25) is 24.0 Å². The van der Waals surface area contributed by atoms with E-state index in [1.54, 1.807) is 0 Å². The molecule has 4 amide bonds. The number of carbonyl (C=O) groups is 6. The van der Waals surface area contributed by atoms with Crippen molar-refractivity contribution in [3.63, 3.8) is 0 Å². The van der Waals surface area contributed by atoms with Crippen LogP contribution in [-0.4, -0.2) is 82.2 Å². The summed E-state index contributed by atoms with van der Waals surface area (Å²) >= 11 is 0. The number of aliphatic hydroxyl groups excluding tert-OH is 1. The number of carbonyl (C=O) groups excluding carboxylic acids is 4. The SMILES string of the molecule is NCC(=O)NC(CC(=O)O)C(=O)NC(CO)C(=O)NC(CCC(N)=O)C(=O)O. The topological polar surface area (TPSA) is 251 Å². The van der Waals surface area contributed by atoms with Gasteiger partial charge in [-0.1, -0.05) is 0 Å². The van der Waals surface area contributed by atoms with E-state index in [0.717, 1.165) is 0 Å². The van der Waals surface area contributed by atoms with Crippen molar-refractivity contribution in [2.75, 3.05) is 13.2 Å². The van der Waals surface area contributed by atoms with E-state index in [1.807, 2.05) is 16.0 Å². The molecule has 0 radical (unpaired) electrons. The first-order valence-electron chi connectivity index (χ1n) is 7.95. The molecule has 0 rings (SSSR count). The molecule has 0 heterocycles. The summed E-state index contributed by atoms with van der Waals surface area (Å²) in [5.74, 6) is -6.74. The number of hydrogen-bond donors (Lipinski definition) is 8. The van der Waals surface area contributed by atoms with Gasteiger partial charge in [0.05, 0.1) is 19.6 Å². The van der Waals surface area contributed by atoms with Gasteiger partial charge in [0.2, 0.25) is 23.6 Å². The van der Waals surface area contributed by atoms with Gasteiger partial charge in [-0.2, -0.15) is 0 Å². The third-order valence-corrected chi connectivity index (χ3v) is 3.33. The van der Waals surface area contributed by atoms with E-state index in [9.17, 15) is 33.9 Å². The lowest BCUT2D eigenvalue weighted by Gasteiger charge is -2.22. The standard InChI is InChI=1S/C14H23N5O9/c15-4-10(22)17-7(3-11(23)24)12(25)19-8(5-20)13(26)18-6(14(27)28)1-2-9(16)21/h6-8,20H,1-5,15H2,(H2,16,21)(H,17,22)(H,18,26)(H,19,25)(H,23,24)(H,27,28). The fourth-order valence-electron chi connectivity index (χ4n) is 1.92. The van der Waals surface area contributed by atoms with Gasteiger partial charge < -0.3 is 42.7 Å². The fourth-order valence-corrected chi connectivity index (χ4v) is 1.92. The third-order valence-electron chi connectivity index (χ3n) is 3.33. The van der Waals surface area contributed by atoms with Crippen molar-refractivity contribution >= 4 is 35.6 Å². The molecule has 10 N–H and O–H groups in total. The predicted octanol–water partition coefficient (Wildman–Crippen LogP) is -4.78. The zero-order valence-electron chi connectivity index (χ0n) is 14.7. The minimum absolute atomic E-state index is 0.323. The third kappa shape index (κ3) is 9.44. The predicted molar refractivity (Wildman–Crippen MR) is 90.2 cm³/mol. The highest BCUT2D eigenvalue weighted by molar-refractivity contribution is 5.95. The van der Waals surface area contributed by atoms with Crippen LogP contribution in [0, 0.1) is 0 Å². The Kier molecular flexibility index (Phi) is 10.8. The number of hydrogen-bond acceptors (Lipinski definition) is 8. The summed E-state index contributed by atoms with van der Waals surface area (Å²) in [6.45, 7) is -1.47. The molecule has 28 heavy (non-hydrogen) atoms. The van der Waals surface area contributed by atoms with Crippen molar-refractivity contribution in [2.24, 2.45) is 11.5 Å². The molecular formula is C14H23N5O9. The monoisotopic (exact) mass is 405 g/mol. The maximum atomic E-state index is 12.1. The molecular weight excluding hydrogens is 382 g/mol. The van der Waals surface area contributed by atoms with Crippen LogP contribution in [0.1, 0.15) is 19.3 Å². The maximum absolute atomic E-state index is 12.1. The largest absolute Gasteiger partial charge is 0.481 e. The van der Waals surface area contributed by atoms with Gasteiger partial charge in [-0.25, -0.2) is 4.79 Å². The molecule has 0 bridgehead atoms. The van der Waals surface area contributed by atoms with Crippen molar-refractivity contribution in [3.8, 4) is 0 Å². The highest BCUT2D eigenvalue weighted by atomic mass is 16.4. The van der Waals surface area contributed by atoms with Gasteiger partial charge in [-0.15, -0.1) is 0 Å². The lowest BCUT2D eigenvalue weighted by molar-refractivity contribution is -0.143. The van der Waals surface area contributed by atoms with Crippen LogP contribution in [-0.2, 0) is 28.8 Å². The molecule has 0 fully saturated rings. The summed E-state index contributed by atoms with van der Waals surface area (Å²) in [6.07, 6.45) is -1.48. The van der Waals surface area contributed by atoms with Crippen LogP contribution in [0.2, 0.25) is 0 Å². The lowest BCUT2D eigenvalue weighted by atomic mass is 10.1. The molecule has 0 aliphatic carbocycles. The van der Waals surface area contributed by atoms with Crippen LogP contribution in [0.15, 0.2) is 0 Å². The molecule has 158 valence electrons. The molecule has 0 aliphatic heterocycles. The van der Waals surface area contributed by atoms with Crippen LogP contribution < -0.4 is 27.4 Å². The molecule has 3 unspecified atom stereocenters. The zero-order chi connectivity index (χ0) is 21.9. The number of carboxylic acids is 2. The quantitative estimate of drug-likeness (QED) is 0.145. The van der Waals surface area contributed by atoms with E-state index < -0.39 is 73.3 Å². The second-order valence-electron chi connectivity index (χ2n) is 5.57.